The molecule has 0 saturated heterocycles. The number of rotatable bonds is 4. The zero-order valence-electron chi connectivity index (χ0n) is 15.7. The van der Waals surface area contributed by atoms with Gasteiger partial charge in [-0.25, -0.2) is 0 Å². The number of nitrogens with one attached hydrogen (secondary N) is 2. The highest BCUT2D eigenvalue weighted by Gasteiger charge is 2.19. The van der Waals surface area contributed by atoms with Gasteiger partial charge in [0.25, 0.3) is 5.91 Å². The zero-order valence-corrected chi connectivity index (χ0v) is 15.7. The molecule has 7 heteroatoms. The van der Waals surface area contributed by atoms with Gasteiger partial charge in [-0.3, -0.25) is 14.6 Å². The van der Waals surface area contributed by atoms with Crippen LogP contribution >= 0.6 is 0 Å². The van der Waals surface area contributed by atoms with E-state index in [4.69, 9.17) is 4.42 Å². The molecule has 0 aliphatic carbocycles. The van der Waals surface area contributed by atoms with Crippen LogP contribution in [0.3, 0.4) is 0 Å². The molecule has 1 amide bonds. The quantitative estimate of drug-likeness (QED) is 0.579. The normalized spacial score (nSPS) is 12.4. The summed E-state index contributed by atoms with van der Waals surface area (Å²) in [6.45, 7) is 5.80. The lowest BCUT2D eigenvalue weighted by Crippen LogP contribution is -2.26. The van der Waals surface area contributed by atoms with Gasteiger partial charge in [-0.15, -0.1) is 0 Å². The van der Waals surface area contributed by atoms with Gasteiger partial charge in [-0.2, -0.15) is 10.2 Å². The van der Waals surface area contributed by atoms with Gasteiger partial charge in [0.15, 0.2) is 0 Å². The molecule has 7 nitrogen and oxygen atoms in total. The molecule has 3 heterocycles. The fourth-order valence-corrected chi connectivity index (χ4v) is 3.27. The molecule has 0 saturated carbocycles. The number of benzene rings is 1. The number of carbonyl (C=O) groups excluding carboxylic acids is 1. The molecule has 0 aliphatic heterocycles. The SMILES string of the molecule is Cc1nn(C)c(C)c1-c1cc(C(=O)NC(C)c2cc3ccccc3o2)[nH]n1. The molecule has 4 rings (SSSR count). The molecule has 27 heavy (non-hydrogen) atoms. The Balaban J connectivity index is 1.54. The highest BCUT2D eigenvalue weighted by atomic mass is 16.3. The maximum absolute atomic E-state index is 12.6. The molecule has 0 radical (unpaired) electrons. The standard InChI is InChI=1S/C20H21N5O2/c1-11(18-9-14-7-5-6-8-17(14)27-18)21-20(26)16-10-15(22-23-16)19-12(2)24-25(4)13(19)3/h5-11H,1-4H3,(H,21,26)(H,22,23). The van der Waals surface area contributed by atoms with Crippen molar-refractivity contribution in [3.05, 3.63) is 59.2 Å². The summed E-state index contributed by atoms with van der Waals surface area (Å²) in [5.74, 6) is 0.476. The van der Waals surface area contributed by atoms with Crippen LogP contribution in [0.1, 0.15) is 40.6 Å². The predicted octanol–water partition coefficient (Wildman–Crippen LogP) is 3.66. The Bertz CT molecular complexity index is 1100. The summed E-state index contributed by atoms with van der Waals surface area (Å²) in [4.78, 5) is 12.6. The lowest BCUT2D eigenvalue weighted by atomic mass is 10.1. The van der Waals surface area contributed by atoms with Gasteiger partial charge in [0.1, 0.15) is 17.0 Å². The number of carbonyl (C=O) groups is 1. The van der Waals surface area contributed by atoms with E-state index in [9.17, 15) is 4.79 Å². The second-order valence-corrected chi connectivity index (χ2v) is 6.72. The molecule has 3 aromatic heterocycles. The smallest absolute Gasteiger partial charge is 0.269 e. The number of aromatic amines is 1. The van der Waals surface area contributed by atoms with Crippen LogP contribution in [0.15, 0.2) is 40.8 Å². The van der Waals surface area contributed by atoms with E-state index in [2.05, 4.69) is 20.6 Å². The summed E-state index contributed by atoms with van der Waals surface area (Å²) in [7, 11) is 1.89. The highest BCUT2D eigenvalue weighted by molar-refractivity contribution is 5.93. The molecule has 1 unspecified atom stereocenters. The number of nitrogens with zero attached hydrogens (tertiary/aromatic N) is 3. The van der Waals surface area contributed by atoms with Crippen LogP contribution in [0.4, 0.5) is 0 Å². The Morgan fingerprint density at radius 3 is 2.74 bits per heavy atom. The van der Waals surface area contributed by atoms with Crippen LogP contribution in [0.5, 0.6) is 0 Å². The number of aromatic nitrogens is 4. The van der Waals surface area contributed by atoms with Crippen LogP contribution in [0.25, 0.3) is 22.2 Å². The number of hydrogen-bond acceptors (Lipinski definition) is 4. The Kier molecular flexibility index (Phi) is 4.07. The van der Waals surface area contributed by atoms with Crippen molar-refractivity contribution in [2.75, 3.05) is 0 Å². The topological polar surface area (TPSA) is 88.7 Å². The van der Waals surface area contributed by atoms with Gasteiger partial charge in [0, 0.05) is 23.7 Å². The number of furan rings is 1. The fraction of sp³-hybridized carbons (Fsp3) is 0.250. The van der Waals surface area contributed by atoms with E-state index >= 15 is 0 Å². The van der Waals surface area contributed by atoms with Crippen molar-refractivity contribution >= 4 is 16.9 Å². The number of H-pyrrole nitrogens is 1. The second-order valence-electron chi connectivity index (χ2n) is 6.72. The summed E-state index contributed by atoms with van der Waals surface area (Å²) < 4.78 is 7.63. The zero-order chi connectivity index (χ0) is 19.1. The lowest BCUT2D eigenvalue weighted by Gasteiger charge is -2.09. The van der Waals surface area contributed by atoms with Crippen molar-refractivity contribution in [2.45, 2.75) is 26.8 Å². The minimum atomic E-state index is -0.265. The molecule has 0 spiro atoms. The first-order valence-corrected chi connectivity index (χ1v) is 8.79. The third-order valence-electron chi connectivity index (χ3n) is 4.81. The first-order valence-electron chi connectivity index (χ1n) is 8.79. The predicted molar refractivity (Wildman–Crippen MR) is 102 cm³/mol. The molecule has 4 aromatic rings. The van der Waals surface area contributed by atoms with Gasteiger partial charge in [-0.1, -0.05) is 18.2 Å². The summed E-state index contributed by atoms with van der Waals surface area (Å²) in [6.07, 6.45) is 0. The van der Waals surface area contributed by atoms with Crippen molar-refractivity contribution in [2.24, 2.45) is 7.05 Å². The lowest BCUT2D eigenvalue weighted by molar-refractivity contribution is 0.0930. The first-order chi connectivity index (χ1) is 12.9. The van der Waals surface area contributed by atoms with Crippen LogP contribution in [-0.4, -0.2) is 25.9 Å². The first kappa shape index (κ1) is 17.1. The Morgan fingerprint density at radius 2 is 2.04 bits per heavy atom. The summed E-state index contributed by atoms with van der Waals surface area (Å²) in [5, 5.41) is 15.5. The van der Waals surface area contributed by atoms with Crippen LogP contribution < -0.4 is 5.32 Å². The minimum Gasteiger partial charge on any atom is -0.459 e. The van der Waals surface area contributed by atoms with Crippen LogP contribution in [-0.2, 0) is 7.05 Å². The molecule has 1 atom stereocenters. The molecule has 138 valence electrons. The molecule has 0 bridgehead atoms. The van der Waals surface area contributed by atoms with Gasteiger partial charge < -0.3 is 9.73 Å². The average molecular weight is 363 g/mol. The maximum atomic E-state index is 12.6. The monoisotopic (exact) mass is 363 g/mol. The molecular weight excluding hydrogens is 342 g/mol. The second kappa shape index (κ2) is 6.42. The molecular formula is C20H21N5O2. The summed E-state index contributed by atoms with van der Waals surface area (Å²) >= 11 is 0. The Morgan fingerprint density at radius 1 is 1.26 bits per heavy atom. The van der Waals surface area contributed by atoms with E-state index < -0.39 is 0 Å². The summed E-state index contributed by atoms with van der Waals surface area (Å²) in [5.41, 5.74) is 4.74. The van der Waals surface area contributed by atoms with Crippen molar-refractivity contribution in [3.63, 3.8) is 0 Å². The fourth-order valence-electron chi connectivity index (χ4n) is 3.27. The largest absolute Gasteiger partial charge is 0.459 e. The van der Waals surface area contributed by atoms with Gasteiger partial charge >= 0.3 is 0 Å². The van der Waals surface area contributed by atoms with Crippen molar-refractivity contribution in [3.8, 4) is 11.3 Å². The van der Waals surface area contributed by atoms with Crippen molar-refractivity contribution < 1.29 is 9.21 Å². The minimum absolute atomic E-state index is 0.235. The third-order valence-corrected chi connectivity index (χ3v) is 4.81. The molecule has 0 fully saturated rings. The number of amides is 1. The molecule has 0 aliphatic rings. The van der Waals surface area contributed by atoms with Crippen molar-refractivity contribution in [1.29, 1.82) is 0 Å². The molecule has 2 N–H and O–H groups in total. The average Bonchev–Trinajstić information content (AvgIpc) is 3.33. The van der Waals surface area contributed by atoms with Crippen LogP contribution in [0.2, 0.25) is 0 Å². The number of hydrogen-bond donors (Lipinski definition) is 2. The van der Waals surface area contributed by atoms with Crippen molar-refractivity contribution in [1.82, 2.24) is 25.3 Å². The van der Waals surface area contributed by atoms with Gasteiger partial charge in [0.05, 0.1) is 17.4 Å². The van der Waals surface area contributed by atoms with E-state index in [1.54, 1.807) is 6.07 Å². The number of aryl methyl sites for hydroxylation is 2. The number of fused-ring (bicyclic) bond motifs is 1. The summed E-state index contributed by atoms with van der Waals surface area (Å²) in [6, 6.07) is 11.2. The van der Waals surface area contributed by atoms with E-state index in [-0.39, 0.29) is 11.9 Å². The van der Waals surface area contributed by atoms with E-state index in [0.717, 1.165) is 27.9 Å². The van der Waals surface area contributed by atoms with Crippen LogP contribution in [0, 0.1) is 13.8 Å². The maximum Gasteiger partial charge on any atom is 0.269 e. The van der Waals surface area contributed by atoms with Gasteiger partial charge in [0.2, 0.25) is 0 Å². The Hall–Kier alpha value is -3.35. The highest BCUT2D eigenvalue weighted by Crippen LogP contribution is 2.26. The van der Waals surface area contributed by atoms with E-state index in [0.29, 0.717) is 17.1 Å². The van der Waals surface area contributed by atoms with Gasteiger partial charge in [-0.05, 0) is 39.0 Å². The number of para-hydroxylation sites is 1. The molecule has 1 aromatic carbocycles. The Labute approximate surface area is 156 Å². The van der Waals surface area contributed by atoms with E-state index in [1.807, 2.05) is 62.8 Å². The van der Waals surface area contributed by atoms with E-state index in [1.165, 1.54) is 0 Å². The third kappa shape index (κ3) is 3.01.